The quantitative estimate of drug-likeness (QED) is 0.791. The van der Waals surface area contributed by atoms with E-state index >= 15 is 0 Å². The number of hydrogen-bond acceptors (Lipinski definition) is 3. The monoisotopic (exact) mass is 277 g/mol. The molecular formula is C12H12BrN3. The standard InChI is InChI=1S/C12H12BrN3/c1-16(2)9-7-11(15-12(13)8-9)10-5-3-4-6-14-10/h3-8H,1-2H3. The Labute approximate surface area is 103 Å². The van der Waals surface area contributed by atoms with Crippen molar-refractivity contribution in [2.75, 3.05) is 19.0 Å². The van der Waals surface area contributed by atoms with Crippen LogP contribution >= 0.6 is 15.9 Å². The topological polar surface area (TPSA) is 29.0 Å². The largest absolute Gasteiger partial charge is 0.378 e. The van der Waals surface area contributed by atoms with Gasteiger partial charge in [0.2, 0.25) is 0 Å². The van der Waals surface area contributed by atoms with Crippen molar-refractivity contribution >= 4 is 21.6 Å². The number of aromatic nitrogens is 2. The van der Waals surface area contributed by atoms with Gasteiger partial charge in [0.1, 0.15) is 4.60 Å². The third-order valence-corrected chi connectivity index (χ3v) is 2.63. The SMILES string of the molecule is CN(C)c1cc(Br)nc(-c2ccccn2)c1. The van der Waals surface area contributed by atoms with Crippen LogP contribution in [0.1, 0.15) is 0 Å². The number of hydrogen-bond donors (Lipinski definition) is 0. The van der Waals surface area contributed by atoms with Crippen molar-refractivity contribution < 1.29 is 0 Å². The molecule has 0 aromatic carbocycles. The molecule has 0 unspecified atom stereocenters. The molecule has 2 aromatic rings. The lowest BCUT2D eigenvalue weighted by Gasteiger charge is -2.13. The van der Waals surface area contributed by atoms with Crippen LogP contribution in [0.3, 0.4) is 0 Å². The van der Waals surface area contributed by atoms with Crippen LogP contribution in [0.15, 0.2) is 41.1 Å². The second-order valence-electron chi connectivity index (χ2n) is 3.64. The highest BCUT2D eigenvalue weighted by Crippen LogP contribution is 2.23. The smallest absolute Gasteiger partial charge is 0.108 e. The maximum absolute atomic E-state index is 4.41. The molecule has 0 bridgehead atoms. The molecule has 0 saturated heterocycles. The molecule has 0 aliphatic carbocycles. The molecule has 0 fully saturated rings. The van der Waals surface area contributed by atoms with Crippen molar-refractivity contribution in [1.82, 2.24) is 9.97 Å². The highest BCUT2D eigenvalue weighted by Gasteiger charge is 2.05. The maximum atomic E-state index is 4.41. The lowest BCUT2D eigenvalue weighted by Crippen LogP contribution is -2.09. The minimum Gasteiger partial charge on any atom is -0.378 e. The summed E-state index contributed by atoms with van der Waals surface area (Å²) in [5.41, 5.74) is 2.85. The fourth-order valence-corrected chi connectivity index (χ4v) is 1.81. The average Bonchev–Trinajstić information content (AvgIpc) is 2.29. The molecule has 3 nitrogen and oxygen atoms in total. The van der Waals surface area contributed by atoms with Crippen molar-refractivity contribution in [1.29, 1.82) is 0 Å². The van der Waals surface area contributed by atoms with Crippen molar-refractivity contribution in [3.63, 3.8) is 0 Å². The average molecular weight is 278 g/mol. The van der Waals surface area contributed by atoms with E-state index in [9.17, 15) is 0 Å². The number of rotatable bonds is 2. The first-order chi connectivity index (χ1) is 7.66. The molecular weight excluding hydrogens is 266 g/mol. The van der Waals surface area contributed by atoms with E-state index in [0.717, 1.165) is 21.7 Å². The predicted octanol–water partition coefficient (Wildman–Crippen LogP) is 2.97. The molecule has 0 atom stereocenters. The Bertz CT molecular complexity index is 483. The minimum atomic E-state index is 0.819. The van der Waals surface area contributed by atoms with E-state index in [1.54, 1.807) is 6.20 Å². The molecule has 16 heavy (non-hydrogen) atoms. The first-order valence-corrected chi connectivity index (χ1v) is 5.72. The number of nitrogens with zero attached hydrogens (tertiary/aromatic N) is 3. The van der Waals surface area contributed by atoms with E-state index in [0.29, 0.717) is 0 Å². The molecule has 2 rings (SSSR count). The Morgan fingerprint density at radius 3 is 2.56 bits per heavy atom. The molecule has 0 aliphatic heterocycles. The third kappa shape index (κ3) is 2.39. The van der Waals surface area contributed by atoms with Crippen molar-refractivity contribution in [2.24, 2.45) is 0 Å². The van der Waals surface area contributed by atoms with Gasteiger partial charge in [-0.3, -0.25) is 4.98 Å². The lowest BCUT2D eigenvalue weighted by atomic mass is 10.2. The fraction of sp³-hybridized carbons (Fsp3) is 0.167. The normalized spacial score (nSPS) is 10.2. The number of halogens is 1. The fourth-order valence-electron chi connectivity index (χ4n) is 1.39. The molecule has 2 aromatic heterocycles. The summed E-state index contributed by atoms with van der Waals surface area (Å²) in [6, 6.07) is 9.81. The van der Waals surface area contributed by atoms with E-state index in [4.69, 9.17) is 0 Å². The van der Waals surface area contributed by atoms with Gasteiger partial charge in [0, 0.05) is 26.0 Å². The first kappa shape index (κ1) is 11.1. The summed E-state index contributed by atoms with van der Waals surface area (Å²) in [5, 5.41) is 0. The summed E-state index contributed by atoms with van der Waals surface area (Å²) in [6.07, 6.45) is 1.77. The molecule has 0 saturated carbocycles. The maximum Gasteiger partial charge on any atom is 0.108 e. The van der Waals surface area contributed by atoms with Gasteiger partial charge >= 0.3 is 0 Å². The number of anilines is 1. The van der Waals surface area contributed by atoms with Gasteiger partial charge in [-0.15, -0.1) is 0 Å². The highest BCUT2D eigenvalue weighted by atomic mass is 79.9. The Balaban J connectivity index is 2.50. The zero-order valence-electron chi connectivity index (χ0n) is 9.18. The Morgan fingerprint density at radius 1 is 1.12 bits per heavy atom. The van der Waals surface area contributed by atoms with Gasteiger partial charge < -0.3 is 4.90 Å². The Kier molecular flexibility index (Phi) is 3.19. The van der Waals surface area contributed by atoms with Gasteiger partial charge in [-0.1, -0.05) is 6.07 Å². The summed E-state index contributed by atoms with van der Waals surface area (Å²) in [6.45, 7) is 0. The van der Waals surface area contributed by atoms with Gasteiger partial charge in [0.25, 0.3) is 0 Å². The van der Waals surface area contributed by atoms with E-state index < -0.39 is 0 Å². The van der Waals surface area contributed by atoms with Crippen molar-refractivity contribution in [3.05, 3.63) is 41.1 Å². The molecule has 0 radical (unpaired) electrons. The van der Waals surface area contributed by atoms with Gasteiger partial charge in [-0.2, -0.15) is 0 Å². The van der Waals surface area contributed by atoms with E-state index in [2.05, 4.69) is 25.9 Å². The van der Waals surface area contributed by atoms with E-state index in [-0.39, 0.29) is 0 Å². The van der Waals surface area contributed by atoms with Crippen LogP contribution in [0, 0.1) is 0 Å². The van der Waals surface area contributed by atoms with Crippen LogP contribution < -0.4 is 4.90 Å². The van der Waals surface area contributed by atoms with Crippen LogP contribution in [0.4, 0.5) is 5.69 Å². The highest BCUT2D eigenvalue weighted by molar-refractivity contribution is 9.10. The molecule has 0 aliphatic rings. The summed E-state index contributed by atoms with van der Waals surface area (Å²) in [5.74, 6) is 0. The van der Waals surface area contributed by atoms with Crippen LogP contribution in [0.25, 0.3) is 11.4 Å². The zero-order valence-corrected chi connectivity index (χ0v) is 10.8. The molecule has 0 spiro atoms. The molecule has 4 heteroatoms. The Hall–Kier alpha value is -1.42. The molecule has 82 valence electrons. The van der Waals surface area contributed by atoms with Crippen LogP contribution in [-0.4, -0.2) is 24.1 Å². The van der Waals surface area contributed by atoms with Crippen molar-refractivity contribution in [3.8, 4) is 11.4 Å². The van der Waals surface area contributed by atoms with Gasteiger partial charge in [0.05, 0.1) is 11.4 Å². The molecule has 0 N–H and O–H groups in total. The second-order valence-corrected chi connectivity index (χ2v) is 4.46. The Morgan fingerprint density at radius 2 is 1.94 bits per heavy atom. The van der Waals surface area contributed by atoms with Crippen molar-refractivity contribution in [2.45, 2.75) is 0 Å². The summed E-state index contributed by atoms with van der Waals surface area (Å²) >= 11 is 3.41. The summed E-state index contributed by atoms with van der Waals surface area (Å²) < 4.78 is 0.819. The molecule has 0 amide bonds. The van der Waals surface area contributed by atoms with Gasteiger partial charge in [-0.25, -0.2) is 4.98 Å². The van der Waals surface area contributed by atoms with Crippen LogP contribution in [-0.2, 0) is 0 Å². The van der Waals surface area contributed by atoms with Gasteiger partial charge in [-0.05, 0) is 40.2 Å². The summed E-state index contributed by atoms with van der Waals surface area (Å²) in [7, 11) is 4.01. The minimum absolute atomic E-state index is 0.819. The van der Waals surface area contributed by atoms with E-state index in [1.807, 2.05) is 49.3 Å². The predicted molar refractivity (Wildman–Crippen MR) is 69.5 cm³/mol. The second kappa shape index (κ2) is 4.61. The summed E-state index contributed by atoms with van der Waals surface area (Å²) in [4.78, 5) is 10.7. The zero-order chi connectivity index (χ0) is 11.5. The number of pyridine rings is 2. The lowest BCUT2D eigenvalue weighted by molar-refractivity contribution is 1.11. The molecule has 2 heterocycles. The third-order valence-electron chi connectivity index (χ3n) is 2.22. The van der Waals surface area contributed by atoms with E-state index in [1.165, 1.54) is 0 Å². The van der Waals surface area contributed by atoms with Crippen LogP contribution in [0.2, 0.25) is 0 Å². The van der Waals surface area contributed by atoms with Crippen LogP contribution in [0.5, 0.6) is 0 Å². The first-order valence-electron chi connectivity index (χ1n) is 4.93. The van der Waals surface area contributed by atoms with Gasteiger partial charge in [0.15, 0.2) is 0 Å².